The van der Waals surface area contributed by atoms with Gasteiger partial charge >= 0.3 is 0 Å². The van der Waals surface area contributed by atoms with Gasteiger partial charge in [0.1, 0.15) is 4.90 Å². The number of H-pyrrole nitrogens is 1. The van der Waals surface area contributed by atoms with Crippen molar-refractivity contribution >= 4 is 50.6 Å². The topological polar surface area (TPSA) is 74.8 Å². The number of rotatable bonds is 5. The summed E-state index contributed by atoms with van der Waals surface area (Å²) in [5.41, 5.74) is 0.837. The van der Waals surface area contributed by atoms with Gasteiger partial charge in [0, 0.05) is 16.8 Å². The van der Waals surface area contributed by atoms with E-state index in [1.807, 2.05) is 6.92 Å². The molecule has 0 aliphatic heterocycles. The van der Waals surface area contributed by atoms with E-state index in [1.54, 1.807) is 6.07 Å². The molecule has 0 unspecified atom stereocenters. The molecule has 5 nitrogen and oxygen atoms in total. The van der Waals surface area contributed by atoms with Crippen molar-refractivity contribution in [3.8, 4) is 0 Å². The number of halogens is 3. The van der Waals surface area contributed by atoms with E-state index >= 15 is 0 Å². The molecule has 114 valence electrons. The molecule has 0 saturated carbocycles. The summed E-state index contributed by atoms with van der Waals surface area (Å²) < 4.78 is 27.0. The van der Waals surface area contributed by atoms with Crippen molar-refractivity contribution in [2.24, 2.45) is 0 Å². The van der Waals surface area contributed by atoms with E-state index < -0.39 is 10.0 Å². The summed E-state index contributed by atoms with van der Waals surface area (Å²) in [7, 11) is -3.95. The average molecular weight is 369 g/mol. The number of nitrogens with zero attached hydrogens (tertiary/aromatic N) is 1. The predicted molar refractivity (Wildman–Crippen MR) is 84.9 cm³/mol. The van der Waals surface area contributed by atoms with Gasteiger partial charge in [-0.15, -0.1) is 0 Å². The summed E-state index contributed by atoms with van der Waals surface area (Å²) in [6.07, 6.45) is 1.69. The van der Waals surface area contributed by atoms with E-state index in [-0.39, 0.29) is 25.8 Å². The summed E-state index contributed by atoms with van der Waals surface area (Å²) >= 11 is 17.6. The van der Waals surface area contributed by atoms with Gasteiger partial charge < -0.3 is 0 Å². The molecule has 0 radical (unpaired) electrons. The summed E-state index contributed by atoms with van der Waals surface area (Å²) in [5.74, 6) is 0.181. The Bertz CT molecular complexity index is 736. The Balaban J connectivity index is 2.34. The van der Waals surface area contributed by atoms with Crippen LogP contribution in [0, 0.1) is 0 Å². The van der Waals surface area contributed by atoms with Gasteiger partial charge in [0.25, 0.3) is 10.0 Å². The number of benzene rings is 1. The molecule has 1 aromatic carbocycles. The number of sulfonamides is 1. The van der Waals surface area contributed by atoms with E-state index in [2.05, 4.69) is 14.9 Å². The molecule has 0 aliphatic carbocycles. The minimum absolute atomic E-state index is 0.0516. The van der Waals surface area contributed by atoms with Gasteiger partial charge in [0.2, 0.25) is 0 Å². The smallest absolute Gasteiger partial charge is 0.266 e. The molecule has 2 rings (SSSR count). The van der Waals surface area contributed by atoms with E-state index in [1.165, 1.54) is 12.1 Å². The highest BCUT2D eigenvalue weighted by molar-refractivity contribution is 7.93. The minimum atomic E-state index is -3.95. The Morgan fingerprint density at radius 3 is 2.38 bits per heavy atom. The molecule has 0 amide bonds. The van der Waals surface area contributed by atoms with Crippen LogP contribution in [0.15, 0.2) is 23.1 Å². The van der Waals surface area contributed by atoms with Crippen molar-refractivity contribution in [1.82, 2.24) is 10.2 Å². The third kappa shape index (κ3) is 3.83. The fourth-order valence-electron chi connectivity index (χ4n) is 1.79. The minimum Gasteiger partial charge on any atom is -0.280 e. The van der Waals surface area contributed by atoms with Crippen molar-refractivity contribution in [3.63, 3.8) is 0 Å². The zero-order valence-electron chi connectivity index (χ0n) is 11.0. The number of aromatic amines is 1. The van der Waals surface area contributed by atoms with E-state index in [0.717, 1.165) is 18.5 Å². The van der Waals surface area contributed by atoms with Crippen molar-refractivity contribution in [1.29, 1.82) is 0 Å². The van der Waals surface area contributed by atoms with Gasteiger partial charge in [-0.05, 0) is 18.6 Å². The van der Waals surface area contributed by atoms with Crippen LogP contribution in [0.1, 0.15) is 19.0 Å². The summed E-state index contributed by atoms with van der Waals surface area (Å²) in [6.45, 7) is 2.01. The first kappa shape index (κ1) is 16.4. The largest absolute Gasteiger partial charge is 0.280 e. The molecule has 0 bridgehead atoms. The van der Waals surface area contributed by atoms with E-state index in [4.69, 9.17) is 34.8 Å². The normalized spacial score (nSPS) is 11.6. The number of hydrogen-bond donors (Lipinski definition) is 2. The third-order valence-corrected chi connectivity index (χ3v) is 5.11. The lowest BCUT2D eigenvalue weighted by Gasteiger charge is -2.09. The molecule has 2 aromatic rings. The third-order valence-electron chi connectivity index (χ3n) is 2.62. The molecule has 1 heterocycles. The van der Waals surface area contributed by atoms with E-state index in [0.29, 0.717) is 0 Å². The Labute approximate surface area is 137 Å². The fourth-order valence-corrected chi connectivity index (χ4v) is 4.33. The van der Waals surface area contributed by atoms with Crippen LogP contribution < -0.4 is 4.72 Å². The van der Waals surface area contributed by atoms with Crippen LogP contribution in [0.25, 0.3) is 0 Å². The van der Waals surface area contributed by atoms with Gasteiger partial charge in [0.05, 0.1) is 10.0 Å². The van der Waals surface area contributed by atoms with Crippen molar-refractivity contribution in [2.45, 2.75) is 24.7 Å². The zero-order chi connectivity index (χ0) is 15.6. The first-order chi connectivity index (χ1) is 9.83. The van der Waals surface area contributed by atoms with Crippen LogP contribution in [0.2, 0.25) is 15.1 Å². The van der Waals surface area contributed by atoms with Crippen LogP contribution in [-0.2, 0) is 16.4 Å². The van der Waals surface area contributed by atoms with Crippen LogP contribution >= 0.6 is 34.8 Å². The second-order valence-electron chi connectivity index (χ2n) is 4.33. The van der Waals surface area contributed by atoms with Crippen LogP contribution in [0.5, 0.6) is 0 Å². The van der Waals surface area contributed by atoms with Crippen molar-refractivity contribution in [3.05, 3.63) is 39.0 Å². The van der Waals surface area contributed by atoms with Crippen LogP contribution in [0.3, 0.4) is 0 Å². The molecule has 9 heteroatoms. The predicted octanol–water partition coefficient (Wildman–Crippen LogP) is 4.12. The molecular weight excluding hydrogens is 357 g/mol. The Morgan fingerprint density at radius 1 is 1.19 bits per heavy atom. The van der Waals surface area contributed by atoms with Gasteiger partial charge in [-0.25, -0.2) is 8.42 Å². The fraction of sp³-hybridized carbons (Fsp3) is 0.250. The highest BCUT2D eigenvalue weighted by Gasteiger charge is 2.23. The molecule has 21 heavy (non-hydrogen) atoms. The maximum atomic E-state index is 12.3. The Hall–Kier alpha value is -0.950. The van der Waals surface area contributed by atoms with Crippen LogP contribution in [-0.4, -0.2) is 18.6 Å². The molecule has 0 aliphatic rings. The maximum absolute atomic E-state index is 12.3. The monoisotopic (exact) mass is 367 g/mol. The molecular formula is C12H12Cl3N3O2S. The summed E-state index contributed by atoms with van der Waals surface area (Å²) in [5, 5.41) is 6.81. The standard InChI is InChI=1S/C12H12Cl3N3O2S/c1-2-3-8-6-11(17-16-8)18-21(19,20)12-9(14)4-7(13)5-10(12)15/h4-6H,2-3H2,1H3,(H2,16,17,18). The first-order valence-electron chi connectivity index (χ1n) is 6.05. The first-order valence-corrected chi connectivity index (χ1v) is 8.67. The molecule has 0 atom stereocenters. The van der Waals surface area contributed by atoms with Crippen molar-refractivity contribution in [2.75, 3.05) is 4.72 Å². The molecule has 0 saturated heterocycles. The molecule has 0 fully saturated rings. The van der Waals surface area contributed by atoms with E-state index in [9.17, 15) is 8.42 Å². The molecule has 0 spiro atoms. The lowest BCUT2D eigenvalue weighted by molar-refractivity contribution is 0.601. The average Bonchev–Trinajstić information content (AvgIpc) is 2.74. The quantitative estimate of drug-likeness (QED) is 0.833. The van der Waals surface area contributed by atoms with Gasteiger partial charge in [0.15, 0.2) is 5.82 Å². The second-order valence-corrected chi connectivity index (χ2v) is 7.20. The number of anilines is 1. The number of nitrogens with one attached hydrogen (secondary N) is 2. The summed E-state index contributed by atoms with van der Waals surface area (Å²) in [4.78, 5) is -0.227. The molecule has 2 N–H and O–H groups in total. The van der Waals surface area contributed by atoms with Gasteiger partial charge in [-0.1, -0.05) is 48.1 Å². The maximum Gasteiger partial charge on any atom is 0.266 e. The highest BCUT2D eigenvalue weighted by Crippen LogP contribution is 2.33. The van der Waals surface area contributed by atoms with Gasteiger partial charge in [-0.2, -0.15) is 5.10 Å². The van der Waals surface area contributed by atoms with Gasteiger partial charge in [-0.3, -0.25) is 9.82 Å². The zero-order valence-corrected chi connectivity index (χ0v) is 14.0. The molecule has 1 aromatic heterocycles. The van der Waals surface area contributed by atoms with Crippen LogP contribution in [0.4, 0.5) is 5.82 Å². The highest BCUT2D eigenvalue weighted by atomic mass is 35.5. The Morgan fingerprint density at radius 2 is 1.81 bits per heavy atom. The SMILES string of the molecule is CCCc1cc(NS(=O)(=O)c2c(Cl)cc(Cl)cc2Cl)n[nH]1. The lowest BCUT2D eigenvalue weighted by atomic mass is 10.2. The number of aryl methyl sites for hydroxylation is 1. The summed E-state index contributed by atoms with van der Waals surface area (Å²) in [6, 6.07) is 4.26. The van der Waals surface area contributed by atoms with Crippen molar-refractivity contribution < 1.29 is 8.42 Å². The Kier molecular flexibility index (Phi) is 5.03. The lowest BCUT2D eigenvalue weighted by Crippen LogP contribution is -2.14. The number of hydrogen-bond acceptors (Lipinski definition) is 3. The number of aromatic nitrogens is 2. The second kappa shape index (κ2) is 6.44.